The van der Waals surface area contributed by atoms with Crippen LogP contribution in [0.4, 0.5) is 11.4 Å². The van der Waals surface area contributed by atoms with Crippen LogP contribution in [0.2, 0.25) is 15.1 Å². The highest BCUT2D eigenvalue weighted by atomic mass is 35.5. The lowest BCUT2D eigenvalue weighted by Crippen LogP contribution is -2.49. The van der Waals surface area contributed by atoms with Gasteiger partial charge in [-0.25, -0.2) is 0 Å². The van der Waals surface area contributed by atoms with Crippen molar-refractivity contribution in [1.82, 2.24) is 4.90 Å². The normalized spacial score (nSPS) is 14.0. The van der Waals surface area contributed by atoms with E-state index in [-0.39, 0.29) is 17.4 Å². The molecule has 1 aromatic heterocycles. The summed E-state index contributed by atoms with van der Waals surface area (Å²) in [6, 6.07) is 13.0. The van der Waals surface area contributed by atoms with Crippen molar-refractivity contribution in [3.8, 4) is 11.3 Å². The number of anilines is 1. The zero-order chi connectivity index (χ0) is 22.1. The van der Waals surface area contributed by atoms with Crippen molar-refractivity contribution >= 4 is 52.1 Å². The fraction of sp³-hybridized carbons (Fsp3) is 0.190. The number of piperazine rings is 1. The number of nitro benzene ring substituents is 1. The van der Waals surface area contributed by atoms with E-state index < -0.39 is 4.92 Å². The number of amides is 1. The van der Waals surface area contributed by atoms with Crippen LogP contribution in [-0.4, -0.2) is 41.9 Å². The summed E-state index contributed by atoms with van der Waals surface area (Å²) in [6.45, 7) is 1.58. The average molecular weight is 481 g/mol. The van der Waals surface area contributed by atoms with Crippen molar-refractivity contribution in [2.24, 2.45) is 0 Å². The van der Waals surface area contributed by atoms with Gasteiger partial charge in [0.1, 0.15) is 11.4 Å². The lowest BCUT2D eigenvalue weighted by molar-refractivity contribution is -0.384. The second-order valence-electron chi connectivity index (χ2n) is 6.94. The Balaban J connectivity index is 1.47. The van der Waals surface area contributed by atoms with E-state index in [2.05, 4.69) is 0 Å². The Labute approximate surface area is 192 Å². The first-order valence-electron chi connectivity index (χ1n) is 9.37. The van der Waals surface area contributed by atoms with Gasteiger partial charge in [-0.2, -0.15) is 0 Å². The third kappa shape index (κ3) is 4.35. The highest BCUT2D eigenvalue weighted by molar-refractivity contribution is 6.42. The monoisotopic (exact) mass is 479 g/mol. The quantitative estimate of drug-likeness (QED) is 0.349. The van der Waals surface area contributed by atoms with Crippen LogP contribution in [0, 0.1) is 10.1 Å². The second-order valence-corrected chi connectivity index (χ2v) is 8.16. The van der Waals surface area contributed by atoms with Crippen LogP contribution >= 0.6 is 34.8 Å². The number of halogens is 3. The Hall–Kier alpha value is -2.74. The average Bonchev–Trinajstić information content (AvgIpc) is 3.25. The zero-order valence-corrected chi connectivity index (χ0v) is 18.3. The second kappa shape index (κ2) is 8.78. The molecule has 1 aliphatic rings. The summed E-state index contributed by atoms with van der Waals surface area (Å²) >= 11 is 18.2. The number of para-hydroxylation sites is 1. The molecule has 0 radical (unpaired) electrons. The summed E-state index contributed by atoms with van der Waals surface area (Å²) in [5.41, 5.74) is 1.04. The number of hydrogen-bond donors (Lipinski definition) is 0. The molecule has 1 aliphatic heterocycles. The summed E-state index contributed by atoms with van der Waals surface area (Å²) in [7, 11) is 0. The molecule has 0 N–H and O–H groups in total. The maximum absolute atomic E-state index is 12.9. The van der Waals surface area contributed by atoms with Crippen LogP contribution in [0.5, 0.6) is 0 Å². The van der Waals surface area contributed by atoms with Gasteiger partial charge in [0.2, 0.25) is 0 Å². The Kier molecular flexibility index (Phi) is 6.09. The van der Waals surface area contributed by atoms with E-state index in [0.29, 0.717) is 58.3 Å². The van der Waals surface area contributed by atoms with Crippen molar-refractivity contribution in [2.75, 3.05) is 31.1 Å². The zero-order valence-electron chi connectivity index (χ0n) is 16.1. The summed E-state index contributed by atoms with van der Waals surface area (Å²) in [6.07, 6.45) is 0. The van der Waals surface area contributed by atoms with E-state index in [1.807, 2.05) is 4.90 Å². The molecule has 2 aromatic carbocycles. The van der Waals surface area contributed by atoms with Crippen molar-refractivity contribution in [1.29, 1.82) is 0 Å². The number of rotatable bonds is 4. The summed E-state index contributed by atoms with van der Waals surface area (Å²) in [5.74, 6) is 0.463. The lowest BCUT2D eigenvalue weighted by atomic mass is 10.2. The van der Waals surface area contributed by atoms with Gasteiger partial charge in [-0.05, 0) is 36.4 Å². The predicted octanol–water partition coefficient (Wildman–Crippen LogP) is 5.78. The van der Waals surface area contributed by atoms with E-state index in [1.54, 1.807) is 47.4 Å². The lowest BCUT2D eigenvalue weighted by Gasteiger charge is -2.35. The fourth-order valence-corrected chi connectivity index (χ4v) is 4.10. The highest BCUT2D eigenvalue weighted by Crippen LogP contribution is 2.36. The molecule has 1 saturated heterocycles. The fourth-order valence-electron chi connectivity index (χ4n) is 3.51. The molecule has 0 saturated carbocycles. The minimum atomic E-state index is -0.452. The molecule has 3 aromatic rings. The standard InChI is InChI=1S/C21H16Cl3N3O4/c22-14-5-4-13(12-16(14)24)18-6-7-19(31-18)21(28)26-10-8-25(9-11-26)20-15(23)2-1-3-17(20)27(29)30/h1-7,12H,8-11H2. The molecule has 4 rings (SSSR count). The van der Waals surface area contributed by atoms with Crippen LogP contribution in [0.15, 0.2) is 52.9 Å². The first kappa shape index (κ1) is 21.5. The molecule has 0 atom stereocenters. The number of benzene rings is 2. The van der Waals surface area contributed by atoms with Crippen LogP contribution in [0.1, 0.15) is 10.6 Å². The molecular weight excluding hydrogens is 465 g/mol. The summed E-state index contributed by atoms with van der Waals surface area (Å²) < 4.78 is 5.74. The smallest absolute Gasteiger partial charge is 0.294 e. The largest absolute Gasteiger partial charge is 0.451 e. The molecule has 160 valence electrons. The predicted molar refractivity (Wildman–Crippen MR) is 120 cm³/mol. The van der Waals surface area contributed by atoms with Gasteiger partial charge in [-0.1, -0.05) is 40.9 Å². The molecule has 0 bridgehead atoms. The Morgan fingerprint density at radius 3 is 2.35 bits per heavy atom. The number of carbonyl (C=O) groups excluding carboxylic acids is 1. The SMILES string of the molecule is O=C(c1ccc(-c2ccc(Cl)c(Cl)c2)o1)N1CCN(c2c(Cl)cccc2[N+](=O)[O-])CC1. The molecule has 7 nitrogen and oxygen atoms in total. The third-order valence-electron chi connectivity index (χ3n) is 5.07. The van der Waals surface area contributed by atoms with Crippen molar-refractivity contribution in [3.63, 3.8) is 0 Å². The Bertz CT molecular complexity index is 1160. The maximum atomic E-state index is 12.9. The van der Waals surface area contributed by atoms with Crippen LogP contribution in [0.3, 0.4) is 0 Å². The molecule has 31 heavy (non-hydrogen) atoms. The van der Waals surface area contributed by atoms with Crippen molar-refractivity contribution in [2.45, 2.75) is 0 Å². The molecule has 1 fully saturated rings. The number of furan rings is 1. The van der Waals surface area contributed by atoms with E-state index in [0.717, 1.165) is 0 Å². The molecular formula is C21H16Cl3N3O4. The van der Waals surface area contributed by atoms with Gasteiger partial charge in [-0.3, -0.25) is 14.9 Å². The van der Waals surface area contributed by atoms with Crippen LogP contribution in [-0.2, 0) is 0 Å². The molecule has 0 spiro atoms. The van der Waals surface area contributed by atoms with Gasteiger partial charge >= 0.3 is 0 Å². The van der Waals surface area contributed by atoms with Crippen molar-refractivity contribution in [3.05, 3.63) is 79.5 Å². The molecule has 10 heteroatoms. The van der Waals surface area contributed by atoms with E-state index in [9.17, 15) is 14.9 Å². The topological polar surface area (TPSA) is 79.8 Å². The highest BCUT2D eigenvalue weighted by Gasteiger charge is 2.29. The van der Waals surface area contributed by atoms with Gasteiger partial charge in [0.25, 0.3) is 11.6 Å². The number of nitro groups is 1. The minimum absolute atomic E-state index is 0.0513. The first-order chi connectivity index (χ1) is 14.8. The van der Waals surface area contributed by atoms with Crippen molar-refractivity contribution < 1.29 is 14.1 Å². The number of carbonyl (C=O) groups is 1. The third-order valence-corrected chi connectivity index (χ3v) is 6.11. The van der Waals surface area contributed by atoms with E-state index in [1.165, 1.54) is 6.07 Å². The minimum Gasteiger partial charge on any atom is -0.451 e. The first-order valence-corrected chi connectivity index (χ1v) is 10.5. The van der Waals surface area contributed by atoms with E-state index >= 15 is 0 Å². The molecule has 0 unspecified atom stereocenters. The van der Waals surface area contributed by atoms with E-state index in [4.69, 9.17) is 39.2 Å². The molecule has 0 aliphatic carbocycles. The summed E-state index contributed by atoms with van der Waals surface area (Å²) in [5, 5.41) is 12.5. The van der Waals surface area contributed by atoms with Gasteiger partial charge in [-0.15, -0.1) is 0 Å². The van der Waals surface area contributed by atoms with Gasteiger partial charge < -0.3 is 14.2 Å². The van der Waals surface area contributed by atoms with Gasteiger partial charge in [0, 0.05) is 37.8 Å². The van der Waals surface area contributed by atoms with Gasteiger partial charge in [0.15, 0.2) is 5.76 Å². The maximum Gasteiger partial charge on any atom is 0.294 e. The number of hydrogen-bond acceptors (Lipinski definition) is 5. The number of nitrogens with zero attached hydrogens (tertiary/aromatic N) is 3. The van der Waals surface area contributed by atoms with Crippen LogP contribution < -0.4 is 4.90 Å². The summed E-state index contributed by atoms with van der Waals surface area (Å²) in [4.78, 5) is 27.3. The molecule has 1 amide bonds. The van der Waals surface area contributed by atoms with Gasteiger partial charge in [0.05, 0.1) is 20.0 Å². The molecule has 2 heterocycles. The Morgan fingerprint density at radius 1 is 0.935 bits per heavy atom. The van der Waals surface area contributed by atoms with Crippen LogP contribution in [0.25, 0.3) is 11.3 Å². The Morgan fingerprint density at radius 2 is 1.68 bits per heavy atom.